The van der Waals surface area contributed by atoms with Gasteiger partial charge in [-0.15, -0.1) is 0 Å². The first-order valence-corrected chi connectivity index (χ1v) is 7.96. The first-order valence-electron chi connectivity index (χ1n) is 7.96. The van der Waals surface area contributed by atoms with E-state index in [4.69, 9.17) is 5.73 Å². The Bertz CT molecular complexity index is 222. The molecule has 2 rings (SSSR count). The van der Waals surface area contributed by atoms with Gasteiger partial charge in [0.05, 0.1) is 0 Å². The highest BCUT2D eigenvalue weighted by Crippen LogP contribution is 2.52. The largest absolute Gasteiger partial charge is 0.330 e. The van der Waals surface area contributed by atoms with Crippen molar-refractivity contribution in [3.63, 3.8) is 0 Å². The van der Waals surface area contributed by atoms with Crippen molar-refractivity contribution in [3.8, 4) is 0 Å². The van der Waals surface area contributed by atoms with Gasteiger partial charge in [0, 0.05) is 0 Å². The molecule has 1 heteroatoms. The van der Waals surface area contributed by atoms with Crippen LogP contribution in [0.15, 0.2) is 0 Å². The Balaban J connectivity index is 1.73. The predicted octanol–water partition coefficient (Wildman–Crippen LogP) is 4.21. The maximum Gasteiger partial charge on any atom is -0.00464 e. The molecule has 3 unspecified atom stereocenters. The van der Waals surface area contributed by atoms with E-state index in [0.717, 1.165) is 36.1 Å². The molecule has 2 saturated carbocycles. The molecule has 2 N–H and O–H groups in total. The van der Waals surface area contributed by atoms with Crippen molar-refractivity contribution in [1.29, 1.82) is 0 Å². The highest BCUT2D eigenvalue weighted by molar-refractivity contribution is 4.93. The fourth-order valence-corrected chi connectivity index (χ4v) is 4.08. The minimum Gasteiger partial charge on any atom is -0.330 e. The first kappa shape index (κ1) is 13.4. The van der Waals surface area contributed by atoms with Gasteiger partial charge in [-0.3, -0.25) is 0 Å². The Kier molecular flexibility index (Phi) is 4.90. The number of hydrogen-bond acceptors (Lipinski definition) is 1. The van der Waals surface area contributed by atoms with E-state index >= 15 is 0 Å². The zero-order chi connectivity index (χ0) is 12.3. The van der Waals surface area contributed by atoms with Gasteiger partial charge in [-0.2, -0.15) is 0 Å². The lowest BCUT2D eigenvalue weighted by molar-refractivity contribution is 0.285. The van der Waals surface area contributed by atoms with Crippen molar-refractivity contribution < 1.29 is 0 Å². The molecule has 17 heavy (non-hydrogen) atoms. The minimum absolute atomic E-state index is 0.760. The van der Waals surface area contributed by atoms with Crippen molar-refractivity contribution in [2.75, 3.05) is 6.54 Å². The summed E-state index contributed by atoms with van der Waals surface area (Å²) in [6, 6.07) is 0. The molecule has 0 radical (unpaired) electrons. The van der Waals surface area contributed by atoms with Gasteiger partial charge in [0.25, 0.3) is 0 Å². The van der Waals surface area contributed by atoms with Crippen LogP contribution in [0.2, 0.25) is 0 Å². The van der Waals surface area contributed by atoms with Crippen LogP contribution in [0.5, 0.6) is 0 Å². The molecule has 0 heterocycles. The van der Waals surface area contributed by atoms with Crippen LogP contribution in [0.1, 0.15) is 65.2 Å². The molecule has 0 aromatic heterocycles. The van der Waals surface area contributed by atoms with Crippen LogP contribution in [0.25, 0.3) is 0 Å². The van der Waals surface area contributed by atoms with Crippen LogP contribution in [0.3, 0.4) is 0 Å². The predicted molar refractivity (Wildman–Crippen MR) is 74.8 cm³/mol. The van der Waals surface area contributed by atoms with E-state index in [-0.39, 0.29) is 0 Å². The van der Waals surface area contributed by atoms with Crippen molar-refractivity contribution in [1.82, 2.24) is 0 Å². The maximum atomic E-state index is 5.85. The highest BCUT2D eigenvalue weighted by Gasteiger charge is 2.43. The standard InChI is InChI=1S/C16H31N/c1-3-13(11-17)12(2)8-9-14-6-4-5-7-15-10-16(14)15/h12-16H,3-11,17H2,1-2H3/t12?,13-,14?,15?,16+/m1/s1. The first-order chi connectivity index (χ1) is 8.26. The Labute approximate surface area is 108 Å². The van der Waals surface area contributed by atoms with Gasteiger partial charge < -0.3 is 5.73 Å². The van der Waals surface area contributed by atoms with E-state index in [1.165, 1.54) is 44.9 Å². The third-order valence-electron chi connectivity index (χ3n) is 5.61. The summed E-state index contributed by atoms with van der Waals surface area (Å²) in [6.45, 7) is 5.59. The fourth-order valence-electron chi connectivity index (χ4n) is 4.08. The molecule has 0 bridgehead atoms. The third kappa shape index (κ3) is 3.47. The molecule has 1 nitrogen and oxygen atoms in total. The van der Waals surface area contributed by atoms with Crippen LogP contribution in [-0.2, 0) is 0 Å². The minimum atomic E-state index is 0.760. The van der Waals surface area contributed by atoms with Gasteiger partial charge in [0.15, 0.2) is 0 Å². The smallest absolute Gasteiger partial charge is 0.00464 e. The monoisotopic (exact) mass is 237 g/mol. The number of rotatable bonds is 6. The molecule has 100 valence electrons. The van der Waals surface area contributed by atoms with Crippen molar-refractivity contribution >= 4 is 0 Å². The fraction of sp³-hybridized carbons (Fsp3) is 1.00. The quantitative estimate of drug-likeness (QED) is 0.735. The summed E-state index contributed by atoms with van der Waals surface area (Å²) in [7, 11) is 0. The summed E-state index contributed by atoms with van der Waals surface area (Å²) < 4.78 is 0. The van der Waals surface area contributed by atoms with Crippen LogP contribution in [0.4, 0.5) is 0 Å². The van der Waals surface area contributed by atoms with Gasteiger partial charge in [0.1, 0.15) is 0 Å². The second-order valence-corrected chi connectivity index (χ2v) is 6.66. The zero-order valence-electron chi connectivity index (χ0n) is 11.8. The van der Waals surface area contributed by atoms with Gasteiger partial charge >= 0.3 is 0 Å². The molecular weight excluding hydrogens is 206 g/mol. The van der Waals surface area contributed by atoms with Gasteiger partial charge in [-0.05, 0) is 49.0 Å². The Morgan fingerprint density at radius 3 is 2.71 bits per heavy atom. The molecule has 2 aliphatic rings. The van der Waals surface area contributed by atoms with E-state index in [9.17, 15) is 0 Å². The van der Waals surface area contributed by atoms with Crippen molar-refractivity contribution in [3.05, 3.63) is 0 Å². The van der Waals surface area contributed by atoms with E-state index < -0.39 is 0 Å². The summed E-state index contributed by atoms with van der Waals surface area (Å²) in [5, 5.41) is 0. The maximum absolute atomic E-state index is 5.85. The third-order valence-corrected chi connectivity index (χ3v) is 5.61. The molecule has 5 atom stereocenters. The van der Waals surface area contributed by atoms with Crippen LogP contribution < -0.4 is 5.73 Å². The van der Waals surface area contributed by atoms with Crippen LogP contribution in [-0.4, -0.2) is 6.54 Å². The number of nitrogens with two attached hydrogens (primary N) is 1. The van der Waals surface area contributed by atoms with E-state index in [1.807, 2.05) is 0 Å². The van der Waals surface area contributed by atoms with E-state index in [2.05, 4.69) is 13.8 Å². The Morgan fingerprint density at radius 2 is 2.00 bits per heavy atom. The zero-order valence-corrected chi connectivity index (χ0v) is 11.8. The average Bonchev–Trinajstić information content (AvgIpc) is 3.08. The van der Waals surface area contributed by atoms with Crippen LogP contribution in [0, 0.1) is 29.6 Å². The molecule has 2 fully saturated rings. The molecule has 2 aliphatic carbocycles. The average molecular weight is 237 g/mol. The number of hydrogen-bond donors (Lipinski definition) is 1. The topological polar surface area (TPSA) is 26.0 Å². The normalized spacial score (nSPS) is 35.8. The lowest BCUT2D eigenvalue weighted by atomic mass is 9.83. The summed E-state index contributed by atoms with van der Waals surface area (Å²) >= 11 is 0. The summed E-state index contributed by atoms with van der Waals surface area (Å²) in [6.07, 6.45) is 11.8. The summed E-state index contributed by atoms with van der Waals surface area (Å²) in [5.74, 6) is 4.93. The second kappa shape index (κ2) is 6.22. The van der Waals surface area contributed by atoms with Crippen molar-refractivity contribution in [2.24, 2.45) is 35.3 Å². The molecule has 0 spiro atoms. The SMILES string of the molecule is CC[C@H](CN)C(C)CCC1CCCCC2C[C@@H]12. The second-order valence-electron chi connectivity index (χ2n) is 6.66. The molecule has 0 aromatic carbocycles. The molecule has 0 amide bonds. The number of fused-ring (bicyclic) bond motifs is 1. The van der Waals surface area contributed by atoms with Gasteiger partial charge in [0.2, 0.25) is 0 Å². The van der Waals surface area contributed by atoms with Crippen LogP contribution >= 0.6 is 0 Å². The van der Waals surface area contributed by atoms with E-state index in [0.29, 0.717) is 0 Å². The summed E-state index contributed by atoms with van der Waals surface area (Å²) in [5.41, 5.74) is 5.85. The van der Waals surface area contributed by atoms with E-state index in [1.54, 1.807) is 6.42 Å². The molecule has 0 saturated heterocycles. The molecule has 0 aliphatic heterocycles. The lowest BCUT2D eigenvalue weighted by Crippen LogP contribution is -2.21. The Morgan fingerprint density at radius 1 is 1.24 bits per heavy atom. The summed E-state index contributed by atoms with van der Waals surface area (Å²) in [4.78, 5) is 0. The van der Waals surface area contributed by atoms with Gasteiger partial charge in [-0.25, -0.2) is 0 Å². The van der Waals surface area contributed by atoms with Crippen molar-refractivity contribution in [2.45, 2.75) is 65.2 Å². The molecule has 0 aromatic rings. The van der Waals surface area contributed by atoms with Gasteiger partial charge in [-0.1, -0.05) is 52.4 Å². The lowest BCUT2D eigenvalue weighted by Gasteiger charge is -2.23. The molecular formula is C16H31N. The highest BCUT2D eigenvalue weighted by atomic mass is 14.6. The Hall–Kier alpha value is -0.0400.